The normalized spacial score (nSPS) is 18.8. The Morgan fingerprint density at radius 3 is 2.06 bits per heavy atom. The van der Waals surface area contributed by atoms with Gasteiger partial charge in [-0.05, 0) is 66.4 Å². The van der Waals surface area contributed by atoms with Crippen molar-refractivity contribution in [1.82, 2.24) is 4.90 Å². The second-order valence-electron chi connectivity index (χ2n) is 8.44. The zero-order chi connectivity index (χ0) is 23.5. The Balaban J connectivity index is 1.57. The summed E-state index contributed by atoms with van der Waals surface area (Å²) < 4.78 is 0. The van der Waals surface area contributed by atoms with Crippen LogP contribution in [0.1, 0.15) is 11.1 Å². The number of hydrogen-bond acceptors (Lipinski definition) is 8. The molecule has 0 aliphatic carbocycles. The van der Waals surface area contributed by atoms with Gasteiger partial charge in [-0.3, -0.25) is 0 Å². The highest BCUT2D eigenvalue weighted by atomic mass is 16.3. The van der Waals surface area contributed by atoms with Crippen molar-refractivity contribution >= 4 is 40.1 Å². The van der Waals surface area contributed by atoms with Gasteiger partial charge in [-0.25, -0.2) is 15.0 Å². The fourth-order valence-corrected chi connectivity index (χ4v) is 4.46. The smallest absolute Gasteiger partial charge is 0.180 e. The maximum absolute atomic E-state index is 9.49. The van der Waals surface area contributed by atoms with Gasteiger partial charge in [-0.15, -0.1) is 0 Å². The SMILES string of the molecule is NC1=CC(=Nc2ccc3c(c2)CCN3)C(=Nc2ccc3c(c2)CCN3)N=C1N(CCO)CCO. The van der Waals surface area contributed by atoms with Crippen LogP contribution in [0.2, 0.25) is 0 Å². The van der Waals surface area contributed by atoms with Crippen molar-refractivity contribution in [2.45, 2.75) is 12.8 Å². The quantitative estimate of drug-likeness (QED) is 0.449. The fourth-order valence-electron chi connectivity index (χ4n) is 4.46. The Morgan fingerprint density at radius 2 is 1.47 bits per heavy atom. The first-order valence-corrected chi connectivity index (χ1v) is 11.6. The summed E-state index contributed by atoms with van der Waals surface area (Å²) in [6, 6.07) is 12.1. The predicted octanol–water partition coefficient (Wildman–Crippen LogP) is 1.97. The Labute approximate surface area is 198 Å². The lowest BCUT2D eigenvalue weighted by molar-refractivity contribution is 0.212. The van der Waals surface area contributed by atoms with Gasteiger partial charge in [-0.2, -0.15) is 0 Å². The van der Waals surface area contributed by atoms with E-state index in [2.05, 4.69) is 22.8 Å². The van der Waals surface area contributed by atoms with Gasteiger partial charge in [0, 0.05) is 37.6 Å². The van der Waals surface area contributed by atoms with E-state index in [1.807, 2.05) is 24.3 Å². The number of aliphatic hydroxyl groups excluding tert-OH is 2. The van der Waals surface area contributed by atoms with Gasteiger partial charge >= 0.3 is 0 Å². The average molecular weight is 460 g/mol. The van der Waals surface area contributed by atoms with E-state index in [4.69, 9.17) is 20.7 Å². The molecule has 0 aromatic heterocycles. The molecule has 9 nitrogen and oxygen atoms in total. The van der Waals surface area contributed by atoms with Gasteiger partial charge in [0.15, 0.2) is 11.7 Å². The standard InChI is InChI=1S/C25H29N7O2/c26-20-15-23(29-18-1-3-21-16(13-18)5-7-27-21)24(31-25(20)32(9-11-33)10-12-34)30-19-2-4-22-17(14-19)6-8-28-22/h1-4,13-15,27-28,33-34H,5-12,26H2. The van der Waals surface area contributed by atoms with E-state index in [1.54, 1.807) is 11.0 Å². The third-order valence-electron chi connectivity index (χ3n) is 6.11. The lowest BCUT2D eigenvalue weighted by Crippen LogP contribution is -2.41. The molecule has 0 fully saturated rings. The summed E-state index contributed by atoms with van der Waals surface area (Å²) in [5.41, 5.74) is 13.7. The second kappa shape index (κ2) is 9.66. The number of anilines is 2. The summed E-state index contributed by atoms with van der Waals surface area (Å²) in [7, 11) is 0. The van der Waals surface area contributed by atoms with Crippen LogP contribution in [-0.2, 0) is 12.8 Å². The molecular weight excluding hydrogens is 430 g/mol. The van der Waals surface area contributed by atoms with Gasteiger partial charge in [0.2, 0.25) is 0 Å². The first kappa shape index (κ1) is 22.1. The maximum Gasteiger partial charge on any atom is 0.180 e. The lowest BCUT2D eigenvalue weighted by Gasteiger charge is -2.27. The highest BCUT2D eigenvalue weighted by Crippen LogP contribution is 2.29. The van der Waals surface area contributed by atoms with E-state index >= 15 is 0 Å². The molecule has 0 atom stereocenters. The number of nitrogens with two attached hydrogens (primary N) is 1. The van der Waals surface area contributed by atoms with Crippen molar-refractivity contribution in [3.63, 3.8) is 0 Å². The molecule has 5 rings (SSSR count). The molecule has 2 aromatic carbocycles. The monoisotopic (exact) mass is 459 g/mol. The average Bonchev–Trinajstić information content (AvgIpc) is 3.49. The molecule has 0 radical (unpaired) electrons. The molecule has 0 saturated heterocycles. The van der Waals surface area contributed by atoms with Gasteiger partial charge in [0.1, 0.15) is 5.71 Å². The molecule has 6 N–H and O–H groups in total. The zero-order valence-electron chi connectivity index (χ0n) is 19.0. The third kappa shape index (κ3) is 4.52. The lowest BCUT2D eigenvalue weighted by atomic mass is 10.1. The van der Waals surface area contributed by atoms with Crippen molar-refractivity contribution in [3.05, 3.63) is 59.3 Å². The molecule has 0 amide bonds. The van der Waals surface area contributed by atoms with Crippen LogP contribution < -0.4 is 16.4 Å². The minimum Gasteiger partial charge on any atom is -0.396 e. The zero-order valence-corrected chi connectivity index (χ0v) is 19.0. The van der Waals surface area contributed by atoms with Crippen LogP contribution in [-0.4, -0.2) is 71.9 Å². The molecule has 2 aromatic rings. The first-order valence-electron chi connectivity index (χ1n) is 11.6. The van der Waals surface area contributed by atoms with Crippen molar-refractivity contribution in [2.75, 3.05) is 50.0 Å². The van der Waals surface area contributed by atoms with E-state index in [1.165, 1.54) is 11.1 Å². The van der Waals surface area contributed by atoms with E-state index in [0.29, 0.717) is 36.2 Å². The molecule has 0 unspecified atom stereocenters. The largest absolute Gasteiger partial charge is 0.396 e. The number of dihydropyridines is 1. The first-order chi connectivity index (χ1) is 16.6. The minimum atomic E-state index is -0.0826. The predicted molar refractivity (Wildman–Crippen MR) is 137 cm³/mol. The van der Waals surface area contributed by atoms with Gasteiger partial charge in [0.25, 0.3) is 0 Å². The summed E-state index contributed by atoms with van der Waals surface area (Å²) in [5, 5.41) is 25.7. The highest BCUT2D eigenvalue weighted by Gasteiger charge is 2.23. The molecule has 3 aliphatic heterocycles. The van der Waals surface area contributed by atoms with Gasteiger partial charge < -0.3 is 31.5 Å². The maximum atomic E-state index is 9.49. The number of benzene rings is 2. The molecule has 0 saturated carbocycles. The molecule has 3 aliphatic rings. The van der Waals surface area contributed by atoms with E-state index in [-0.39, 0.29) is 13.2 Å². The Hall–Kier alpha value is -3.69. The Kier molecular flexibility index (Phi) is 6.29. The Morgan fingerprint density at radius 1 is 0.882 bits per heavy atom. The second-order valence-corrected chi connectivity index (χ2v) is 8.44. The number of amidine groups is 2. The number of rotatable bonds is 6. The van der Waals surface area contributed by atoms with E-state index in [9.17, 15) is 10.2 Å². The highest BCUT2D eigenvalue weighted by molar-refractivity contribution is 6.50. The van der Waals surface area contributed by atoms with Crippen LogP contribution in [0.15, 0.2) is 63.1 Å². The number of hydrogen-bond donors (Lipinski definition) is 5. The van der Waals surface area contributed by atoms with Gasteiger partial charge in [0.05, 0.1) is 30.3 Å². The van der Waals surface area contributed by atoms with E-state index in [0.717, 1.165) is 48.7 Å². The molecule has 0 bridgehead atoms. The van der Waals surface area contributed by atoms with Crippen LogP contribution in [0, 0.1) is 0 Å². The summed E-state index contributed by atoms with van der Waals surface area (Å²) >= 11 is 0. The van der Waals surface area contributed by atoms with E-state index < -0.39 is 0 Å². The molecular formula is C25H29N7O2. The summed E-state index contributed by atoms with van der Waals surface area (Å²) in [6.07, 6.45) is 3.69. The molecule has 34 heavy (non-hydrogen) atoms. The topological polar surface area (TPSA) is 131 Å². The number of nitrogens with one attached hydrogen (secondary N) is 2. The number of aliphatic hydroxyl groups is 2. The van der Waals surface area contributed by atoms with Crippen molar-refractivity contribution in [1.29, 1.82) is 0 Å². The van der Waals surface area contributed by atoms with Gasteiger partial charge in [-0.1, -0.05) is 0 Å². The molecule has 9 heteroatoms. The Bertz CT molecular complexity index is 1210. The minimum absolute atomic E-state index is 0.0826. The fraction of sp³-hybridized carbons (Fsp3) is 0.320. The number of nitrogens with zero attached hydrogens (tertiary/aromatic N) is 4. The van der Waals surface area contributed by atoms with Crippen molar-refractivity contribution in [2.24, 2.45) is 20.7 Å². The van der Waals surface area contributed by atoms with Crippen LogP contribution in [0.3, 0.4) is 0 Å². The van der Waals surface area contributed by atoms with Crippen LogP contribution >= 0.6 is 0 Å². The van der Waals surface area contributed by atoms with Crippen LogP contribution in [0.5, 0.6) is 0 Å². The van der Waals surface area contributed by atoms with Crippen LogP contribution in [0.4, 0.5) is 22.7 Å². The number of fused-ring (bicyclic) bond motifs is 2. The third-order valence-corrected chi connectivity index (χ3v) is 6.11. The molecule has 0 spiro atoms. The van der Waals surface area contributed by atoms with Crippen molar-refractivity contribution in [3.8, 4) is 0 Å². The van der Waals surface area contributed by atoms with Crippen molar-refractivity contribution < 1.29 is 10.2 Å². The summed E-state index contributed by atoms with van der Waals surface area (Å²) in [5.74, 6) is 0.913. The summed E-state index contributed by atoms with van der Waals surface area (Å²) in [6.45, 7) is 2.29. The summed E-state index contributed by atoms with van der Waals surface area (Å²) in [4.78, 5) is 16.2. The number of aliphatic imine (C=N–C) groups is 3. The van der Waals surface area contributed by atoms with Crippen LogP contribution in [0.25, 0.3) is 0 Å². The molecule has 3 heterocycles. The molecule has 176 valence electrons.